The van der Waals surface area contributed by atoms with Crippen LogP contribution in [0.4, 0.5) is 5.69 Å². The summed E-state index contributed by atoms with van der Waals surface area (Å²) in [6, 6.07) is 13.9. The topological polar surface area (TPSA) is 84.9 Å². The molecule has 0 aliphatic carbocycles. The lowest BCUT2D eigenvalue weighted by Crippen LogP contribution is -2.40. The minimum Gasteiger partial charge on any atom is -0.485 e. The van der Waals surface area contributed by atoms with Crippen LogP contribution in [0.5, 0.6) is 11.5 Å². The van der Waals surface area contributed by atoms with Crippen molar-refractivity contribution in [3.63, 3.8) is 0 Å². The van der Waals surface area contributed by atoms with Crippen LogP contribution in [0.25, 0.3) is 0 Å². The molecule has 0 saturated carbocycles. The smallest absolute Gasteiger partial charge is 0.313 e. The van der Waals surface area contributed by atoms with Gasteiger partial charge >= 0.3 is 5.97 Å². The first kappa shape index (κ1) is 16.8. The molecule has 1 aliphatic rings. The number of ether oxygens (including phenoxy) is 2. The zero-order valence-electron chi connectivity index (χ0n) is 14.0. The van der Waals surface area contributed by atoms with Crippen LogP contribution in [0.15, 0.2) is 48.5 Å². The Labute approximate surface area is 145 Å². The minimum atomic E-state index is -0.993. The van der Waals surface area contributed by atoms with Gasteiger partial charge in [0.05, 0.1) is 5.41 Å². The van der Waals surface area contributed by atoms with E-state index in [2.05, 4.69) is 5.32 Å². The number of fused-ring (bicyclic) bond motifs is 1. The zero-order valence-corrected chi connectivity index (χ0v) is 14.0. The van der Waals surface area contributed by atoms with Gasteiger partial charge in [0.25, 0.3) is 5.91 Å². The van der Waals surface area contributed by atoms with E-state index in [1.165, 1.54) is 0 Å². The van der Waals surface area contributed by atoms with E-state index in [1.807, 2.05) is 12.1 Å². The van der Waals surface area contributed by atoms with Crippen molar-refractivity contribution < 1.29 is 24.2 Å². The molecule has 1 unspecified atom stereocenters. The van der Waals surface area contributed by atoms with Crippen molar-refractivity contribution in [2.45, 2.75) is 25.4 Å². The van der Waals surface area contributed by atoms with Crippen molar-refractivity contribution >= 4 is 17.6 Å². The third kappa shape index (κ3) is 3.42. The molecule has 1 aliphatic heterocycles. The van der Waals surface area contributed by atoms with Crippen molar-refractivity contribution in [1.29, 1.82) is 0 Å². The standard InChI is InChI=1S/C19H19NO5/c1-19(2,18(22)23)12-7-9-13(10-8-12)20-17(21)16-11-24-14-5-3-4-6-15(14)25-16/h3-10,16H,11H2,1-2H3,(H,20,21)(H,22,23). The summed E-state index contributed by atoms with van der Waals surface area (Å²) >= 11 is 0. The van der Waals surface area contributed by atoms with Gasteiger partial charge < -0.3 is 19.9 Å². The number of hydrogen-bond donors (Lipinski definition) is 2. The average molecular weight is 341 g/mol. The van der Waals surface area contributed by atoms with Crippen molar-refractivity contribution in [1.82, 2.24) is 0 Å². The summed E-state index contributed by atoms with van der Waals surface area (Å²) in [5.41, 5.74) is 0.230. The fraction of sp³-hybridized carbons (Fsp3) is 0.263. The first-order valence-corrected chi connectivity index (χ1v) is 7.91. The summed E-state index contributed by atoms with van der Waals surface area (Å²) in [7, 11) is 0. The molecule has 3 rings (SSSR count). The van der Waals surface area contributed by atoms with Crippen molar-refractivity contribution in [2.24, 2.45) is 0 Å². The molecule has 6 heteroatoms. The third-order valence-electron chi connectivity index (χ3n) is 4.21. The Hall–Kier alpha value is -3.02. The Balaban J connectivity index is 1.67. The van der Waals surface area contributed by atoms with Gasteiger partial charge in [-0.05, 0) is 43.7 Å². The van der Waals surface area contributed by atoms with Gasteiger partial charge in [-0.15, -0.1) is 0 Å². The van der Waals surface area contributed by atoms with Crippen molar-refractivity contribution in [3.05, 3.63) is 54.1 Å². The summed E-state index contributed by atoms with van der Waals surface area (Å²) in [4.78, 5) is 23.6. The summed E-state index contributed by atoms with van der Waals surface area (Å²) in [6.45, 7) is 3.40. The lowest BCUT2D eigenvalue weighted by molar-refractivity contribution is -0.142. The fourth-order valence-electron chi connectivity index (χ4n) is 2.47. The Morgan fingerprint density at radius 3 is 2.36 bits per heavy atom. The molecule has 130 valence electrons. The van der Waals surface area contributed by atoms with E-state index in [0.717, 1.165) is 0 Å². The maximum Gasteiger partial charge on any atom is 0.313 e. The summed E-state index contributed by atoms with van der Waals surface area (Å²) < 4.78 is 11.2. The second-order valence-electron chi connectivity index (χ2n) is 6.36. The lowest BCUT2D eigenvalue weighted by atomic mass is 9.85. The van der Waals surface area contributed by atoms with E-state index in [0.29, 0.717) is 22.7 Å². The number of carboxylic acids is 1. The van der Waals surface area contributed by atoms with E-state index in [9.17, 15) is 14.7 Å². The Bertz CT molecular complexity index is 798. The Morgan fingerprint density at radius 2 is 1.72 bits per heavy atom. The van der Waals surface area contributed by atoms with Crippen LogP contribution in [0.2, 0.25) is 0 Å². The van der Waals surface area contributed by atoms with Gasteiger partial charge in [-0.2, -0.15) is 0 Å². The predicted octanol–water partition coefficient (Wildman–Crippen LogP) is 2.83. The van der Waals surface area contributed by atoms with E-state index in [-0.39, 0.29) is 12.5 Å². The number of carbonyl (C=O) groups excluding carboxylic acids is 1. The highest BCUT2D eigenvalue weighted by Crippen LogP contribution is 2.31. The Kier molecular flexibility index (Phi) is 4.35. The van der Waals surface area contributed by atoms with Gasteiger partial charge in [0, 0.05) is 5.69 Å². The number of nitrogens with one attached hydrogen (secondary N) is 1. The van der Waals surface area contributed by atoms with Crippen LogP contribution in [-0.2, 0) is 15.0 Å². The maximum absolute atomic E-state index is 12.4. The number of para-hydroxylation sites is 2. The number of rotatable bonds is 4. The average Bonchev–Trinajstić information content (AvgIpc) is 2.61. The van der Waals surface area contributed by atoms with Gasteiger partial charge in [-0.3, -0.25) is 9.59 Å². The number of amides is 1. The van der Waals surface area contributed by atoms with E-state index < -0.39 is 17.5 Å². The van der Waals surface area contributed by atoms with Gasteiger partial charge in [-0.25, -0.2) is 0 Å². The van der Waals surface area contributed by atoms with E-state index in [4.69, 9.17) is 9.47 Å². The molecule has 0 radical (unpaired) electrons. The molecule has 0 spiro atoms. The van der Waals surface area contributed by atoms with Gasteiger partial charge in [0.1, 0.15) is 6.61 Å². The molecular weight excluding hydrogens is 322 g/mol. The predicted molar refractivity (Wildman–Crippen MR) is 92.1 cm³/mol. The minimum absolute atomic E-state index is 0.132. The molecule has 0 bridgehead atoms. The van der Waals surface area contributed by atoms with Crippen LogP contribution in [0.3, 0.4) is 0 Å². The van der Waals surface area contributed by atoms with Gasteiger partial charge in [0.2, 0.25) is 6.10 Å². The highest BCUT2D eigenvalue weighted by Gasteiger charge is 2.30. The van der Waals surface area contributed by atoms with Crippen LogP contribution in [-0.4, -0.2) is 29.7 Å². The number of benzene rings is 2. The summed E-state index contributed by atoms with van der Waals surface area (Å²) in [6.07, 6.45) is -0.745. The fourth-order valence-corrected chi connectivity index (χ4v) is 2.47. The number of hydrogen-bond acceptors (Lipinski definition) is 4. The normalized spacial score (nSPS) is 16.2. The molecule has 0 saturated heterocycles. The molecule has 25 heavy (non-hydrogen) atoms. The summed E-state index contributed by atoms with van der Waals surface area (Å²) in [5.74, 6) is -0.0743. The van der Waals surface area contributed by atoms with Crippen LogP contribution >= 0.6 is 0 Å². The molecular formula is C19H19NO5. The van der Waals surface area contributed by atoms with Crippen molar-refractivity contribution in [2.75, 3.05) is 11.9 Å². The number of carbonyl (C=O) groups is 2. The molecule has 6 nitrogen and oxygen atoms in total. The molecule has 1 heterocycles. The molecule has 1 atom stereocenters. The maximum atomic E-state index is 12.4. The molecule has 0 fully saturated rings. The van der Waals surface area contributed by atoms with Crippen LogP contribution < -0.4 is 14.8 Å². The van der Waals surface area contributed by atoms with Crippen molar-refractivity contribution in [3.8, 4) is 11.5 Å². The highest BCUT2D eigenvalue weighted by atomic mass is 16.6. The zero-order chi connectivity index (χ0) is 18.0. The van der Waals surface area contributed by atoms with Gasteiger partial charge in [-0.1, -0.05) is 24.3 Å². The second kappa shape index (κ2) is 6.47. The van der Waals surface area contributed by atoms with Crippen LogP contribution in [0, 0.1) is 0 Å². The second-order valence-corrected chi connectivity index (χ2v) is 6.36. The molecule has 0 aromatic heterocycles. The number of carboxylic acid groups (broad SMARTS) is 1. The monoisotopic (exact) mass is 341 g/mol. The summed E-state index contributed by atoms with van der Waals surface area (Å²) in [5, 5.41) is 12.0. The molecule has 1 amide bonds. The first-order valence-electron chi connectivity index (χ1n) is 7.91. The molecule has 2 N–H and O–H groups in total. The highest BCUT2D eigenvalue weighted by molar-refractivity contribution is 5.94. The number of anilines is 1. The van der Waals surface area contributed by atoms with Crippen LogP contribution in [0.1, 0.15) is 19.4 Å². The third-order valence-corrected chi connectivity index (χ3v) is 4.21. The first-order chi connectivity index (χ1) is 11.9. The number of aliphatic carboxylic acids is 1. The lowest BCUT2D eigenvalue weighted by Gasteiger charge is -2.25. The molecule has 2 aromatic rings. The quantitative estimate of drug-likeness (QED) is 0.893. The Morgan fingerprint density at radius 1 is 1.08 bits per heavy atom. The SMILES string of the molecule is CC(C)(C(=O)O)c1ccc(NC(=O)C2COc3ccccc3O2)cc1. The molecule has 2 aromatic carbocycles. The largest absolute Gasteiger partial charge is 0.485 e. The van der Waals surface area contributed by atoms with Gasteiger partial charge in [0.15, 0.2) is 11.5 Å². The van der Waals surface area contributed by atoms with E-state index >= 15 is 0 Å². The van der Waals surface area contributed by atoms with E-state index in [1.54, 1.807) is 50.2 Å².